The molecule has 0 unspecified atom stereocenters. The van der Waals surface area contributed by atoms with E-state index in [4.69, 9.17) is 0 Å². The lowest BCUT2D eigenvalue weighted by molar-refractivity contribution is 0.0697. The number of nitrogens with zero attached hydrogens (tertiary/aromatic N) is 2. The Morgan fingerprint density at radius 3 is 2.30 bits per heavy atom. The Bertz CT molecular complexity index is 1120. The third kappa shape index (κ3) is 5.33. The van der Waals surface area contributed by atoms with Gasteiger partial charge in [0, 0.05) is 19.1 Å². The highest BCUT2D eigenvalue weighted by Gasteiger charge is 2.28. The van der Waals surface area contributed by atoms with Crippen LogP contribution in [0, 0.1) is 13.8 Å². The van der Waals surface area contributed by atoms with Gasteiger partial charge in [0.2, 0.25) is 0 Å². The molecule has 2 aromatic carbocycles. The molecule has 2 aromatic rings. The number of rotatable bonds is 6. The summed E-state index contributed by atoms with van der Waals surface area (Å²) in [4.78, 5) is 16.6. The topological polar surface area (TPSA) is 89.9 Å². The Balaban J connectivity index is 1.58. The van der Waals surface area contributed by atoms with Crippen LogP contribution >= 0.6 is 0 Å². The zero-order valence-electron chi connectivity index (χ0n) is 19.4. The van der Waals surface area contributed by atoms with Gasteiger partial charge in [-0.3, -0.25) is 4.72 Å². The molecule has 178 valence electrons. The molecule has 7 nitrogen and oxygen atoms in total. The van der Waals surface area contributed by atoms with Crippen LogP contribution in [-0.4, -0.2) is 56.6 Å². The predicted molar refractivity (Wildman–Crippen MR) is 131 cm³/mol. The Kier molecular flexibility index (Phi) is 6.95. The van der Waals surface area contributed by atoms with Crippen LogP contribution in [0.15, 0.2) is 41.3 Å². The zero-order valence-corrected chi connectivity index (χ0v) is 20.2. The minimum absolute atomic E-state index is 0.0558. The summed E-state index contributed by atoms with van der Waals surface area (Å²) in [7, 11) is -3.87. The van der Waals surface area contributed by atoms with Crippen molar-refractivity contribution in [2.45, 2.75) is 56.9 Å². The van der Waals surface area contributed by atoms with Gasteiger partial charge in [-0.15, -0.1) is 0 Å². The summed E-state index contributed by atoms with van der Waals surface area (Å²) >= 11 is 0. The second-order valence-electron chi connectivity index (χ2n) is 9.23. The second kappa shape index (κ2) is 9.73. The van der Waals surface area contributed by atoms with Crippen LogP contribution in [0.5, 0.6) is 0 Å². The van der Waals surface area contributed by atoms with E-state index in [-0.39, 0.29) is 10.5 Å². The normalized spacial score (nSPS) is 18.3. The average Bonchev–Trinajstić information content (AvgIpc) is 2.79. The SMILES string of the molecule is Cc1ccc(S(=O)(=O)Nc2cc(C(=O)O)ccc2N2CCC(N3CCCCC3)CC2)c(C)c1. The monoisotopic (exact) mass is 471 g/mol. The maximum absolute atomic E-state index is 13.2. The lowest BCUT2D eigenvalue weighted by Crippen LogP contribution is -2.46. The van der Waals surface area contributed by atoms with Gasteiger partial charge in [-0.25, -0.2) is 13.2 Å². The van der Waals surface area contributed by atoms with Crippen molar-refractivity contribution >= 4 is 27.4 Å². The van der Waals surface area contributed by atoms with Crippen molar-refractivity contribution in [3.05, 3.63) is 53.1 Å². The Morgan fingerprint density at radius 1 is 0.970 bits per heavy atom. The summed E-state index contributed by atoms with van der Waals surface area (Å²) in [5.74, 6) is -1.09. The van der Waals surface area contributed by atoms with Crippen molar-refractivity contribution < 1.29 is 18.3 Å². The molecule has 0 saturated carbocycles. The molecule has 2 aliphatic rings. The van der Waals surface area contributed by atoms with Crippen LogP contribution in [0.1, 0.15) is 53.6 Å². The van der Waals surface area contributed by atoms with Crippen LogP contribution in [0.25, 0.3) is 0 Å². The van der Waals surface area contributed by atoms with E-state index in [1.807, 2.05) is 13.0 Å². The molecule has 0 amide bonds. The molecule has 0 radical (unpaired) electrons. The Labute approximate surface area is 196 Å². The highest BCUT2D eigenvalue weighted by molar-refractivity contribution is 7.92. The molecule has 2 saturated heterocycles. The van der Waals surface area contributed by atoms with Gasteiger partial charge in [0.15, 0.2) is 0 Å². The van der Waals surface area contributed by atoms with Crippen LogP contribution in [0.3, 0.4) is 0 Å². The van der Waals surface area contributed by atoms with Gasteiger partial charge in [0.05, 0.1) is 21.8 Å². The second-order valence-corrected chi connectivity index (χ2v) is 10.9. The molecule has 2 aliphatic heterocycles. The average molecular weight is 472 g/mol. The van der Waals surface area contributed by atoms with Gasteiger partial charge >= 0.3 is 5.97 Å². The number of hydrogen-bond donors (Lipinski definition) is 2. The minimum Gasteiger partial charge on any atom is -0.478 e. The first kappa shape index (κ1) is 23.6. The van der Waals surface area contributed by atoms with E-state index < -0.39 is 16.0 Å². The largest absolute Gasteiger partial charge is 0.478 e. The Hall–Kier alpha value is -2.58. The summed E-state index contributed by atoms with van der Waals surface area (Å²) in [6.45, 7) is 7.63. The van der Waals surface area contributed by atoms with Crippen molar-refractivity contribution in [2.75, 3.05) is 35.8 Å². The number of carboxylic acids is 1. The third-order valence-corrected chi connectivity index (χ3v) is 8.35. The van der Waals surface area contributed by atoms with Crippen molar-refractivity contribution in [2.24, 2.45) is 0 Å². The van der Waals surface area contributed by atoms with E-state index in [1.54, 1.807) is 31.2 Å². The highest BCUT2D eigenvalue weighted by atomic mass is 32.2. The zero-order chi connectivity index (χ0) is 23.6. The molecular weight excluding hydrogens is 438 g/mol. The molecule has 2 fully saturated rings. The number of sulfonamides is 1. The molecule has 4 rings (SSSR count). The van der Waals surface area contributed by atoms with E-state index in [9.17, 15) is 18.3 Å². The van der Waals surface area contributed by atoms with Gasteiger partial charge in [-0.05, 0) is 82.4 Å². The first-order chi connectivity index (χ1) is 15.7. The molecular formula is C25H33N3O4S. The summed E-state index contributed by atoms with van der Waals surface area (Å²) < 4.78 is 29.1. The fourth-order valence-corrected chi connectivity index (χ4v) is 6.38. The smallest absolute Gasteiger partial charge is 0.335 e. The number of nitrogens with one attached hydrogen (secondary N) is 1. The number of piperidine rings is 2. The number of hydrogen-bond acceptors (Lipinski definition) is 5. The van der Waals surface area contributed by atoms with Gasteiger partial charge in [-0.2, -0.15) is 0 Å². The maximum atomic E-state index is 13.2. The molecule has 2 heterocycles. The predicted octanol–water partition coefficient (Wildman–Crippen LogP) is 4.26. The molecule has 33 heavy (non-hydrogen) atoms. The molecule has 8 heteroatoms. The first-order valence-corrected chi connectivity index (χ1v) is 13.2. The Morgan fingerprint density at radius 2 is 1.67 bits per heavy atom. The van der Waals surface area contributed by atoms with Crippen LogP contribution in [0.2, 0.25) is 0 Å². The number of likely N-dealkylation sites (tertiary alicyclic amines) is 1. The van der Waals surface area contributed by atoms with Crippen LogP contribution in [0.4, 0.5) is 11.4 Å². The van der Waals surface area contributed by atoms with Crippen LogP contribution < -0.4 is 9.62 Å². The molecule has 0 atom stereocenters. The standard InChI is InChI=1S/C25H33N3O4S/c1-18-6-9-24(19(2)16-18)33(31,32)26-22-17-20(25(29)30)7-8-23(22)28-14-10-21(11-15-28)27-12-4-3-5-13-27/h6-9,16-17,21,26H,3-5,10-15H2,1-2H3,(H,29,30). The van der Waals surface area contributed by atoms with Gasteiger partial charge in [0.1, 0.15) is 0 Å². The molecule has 0 bridgehead atoms. The number of carboxylic acid groups (broad SMARTS) is 1. The van der Waals surface area contributed by atoms with E-state index >= 15 is 0 Å². The molecule has 0 aliphatic carbocycles. The summed E-state index contributed by atoms with van der Waals surface area (Å²) in [6, 6.07) is 10.5. The minimum atomic E-state index is -3.87. The van der Waals surface area contributed by atoms with E-state index in [1.165, 1.54) is 38.4 Å². The summed E-state index contributed by atoms with van der Waals surface area (Å²) in [5.41, 5.74) is 2.73. The molecule has 0 spiro atoms. The fraction of sp³-hybridized carbons (Fsp3) is 0.480. The van der Waals surface area contributed by atoms with Crippen molar-refractivity contribution in [1.29, 1.82) is 0 Å². The van der Waals surface area contributed by atoms with Crippen molar-refractivity contribution in [1.82, 2.24) is 4.90 Å². The van der Waals surface area contributed by atoms with Gasteiger partial charge < -0.3 is 14.9 Å². The number of benzene rings is 2. The third-order valence-electron chi connectivity index (χ3n) is 6.82. The van der Waals surface area contributed by atoms with Gasteiger partial charge in [0.25, 0.3) is 10.0 Å². The number of aromatic carboxylic acids is 1. The first-order valence-electron chi connectivity index (χ1n) is 11.7. The number of carbonyl (C=O) groups is 1. The maximum Gasteiger partial charge on any atom is 0.335 e. The highest BCUT2D eigenvalue weighted by Crippen LogP contribution is 2.33. The number of aryl methyl sites for hydroxylation is 2. The van der Waals surface area contributed by atoms with E-state index in [2.05, 4.69) is 14.5 Å². The fourth-order valence-electron chi connectivity index (χ4n) is 5.08. The van der Waals surface area contributed by atoms with Crippen LogP contribution in [-0.2, 0) is 10.0 Å². The number of anilines is 2. The lowest BCUT2D eigenvalue weighted by atomic mass is 9.99. The molecule has 0 aromatic heterocycles. The summed E-state index contributed by atoms with van der Waals surface area (Å²) in [5, 5.41) is 9.48. The van der Waals surface area contributed by atoms with Crippen molar-refractivity contribution in [3.8, 4) is 0 Å². The molecule has 2 N–H and O–H groups in total. The van der Waals surface area contributed by atoms with Crippen molar-refractivity contribution in [3.63, 3.8) is 0 Å². The van der Waals surface area contributed by atoms with Gasteiger partial charge in [-0.1, -0.05) is 24.1 Å². The van der Waals surface area contributed by atoms with E-state index in [0.717, 1.165) is 37.2 Å². The quantitative estimate of drug-likeness (QED) is 0.654. The lowest BCUT2D eigenvalue weighted by Gasteiger charge is -2.41. The summed E-state index contributed by atoms with van der Waals surface area (Å²) in [6.07, 6.45) is 5.88. The van der Waals surface area contributed by atoms with E-state index in [0.29, 0.717) is 17.3 Å².